The number of hydrogen-bond donors (Lipinski definition) is 2. The number of carboxylic acid groups (broad SMARTS) is 1. The summed E-state index contributed by atoms with van der Waals surface area (Å²) < 4.78 is 0. The minimum absolute atomic E-state index is 0.195. The molecule has 0 saturated heterocycles. The van der Waals surface area contributed by atoms with E-state index >= 15 is 0 Å². The van der Waals surface area contributed by atoms with E-state index in [1.54, 1.807) is 6.92 Å². The van der Waals surface area contributed by atoms with Crippen molar-refractivity contribution in [3.8, 4) is 0 Å². The summed E-state index contributed by atoms with van der Waals surface area (Å²) in [5, 5.41) is 11.7. The van der Waals surface area contributed by atoms with Crippen molar-refractivity contribution >= 4 is 17.7 Å². The molecular weight excluding hydrogens is 402 g/mol. The van der Waals surface area contributed by atoms with Gasteiger partial charge in [-0.1, -0.05) is 77.0 Å². The maximum absolute atomic E-state index is 12.0. The van der Waals surface area contributed by atoms with Crippen molar-refractivity contribution in [3.63, 3.8) is 0 Å². The van der Waals surface area contributed by atoms with Crippen LogP contribution in [-0.4, -0.2) is 29.3 Å². The predicted molar refractivity (Wildman–Crippen MR) is 131 cm³/mol. The highest BCUT2D eigenvalue weighted by atomic mass is 16.4. The molecule has 0 bridgehead atoms. The molecule has 0 heterocycles. The number of ketones is 1. The predicted octanol–water partition coefficient (Wildman–Crippen LogP) is 6.82. The molecule has 1 aliphatic carbocycles. The second-order valence-electron chi connectivity index (χ2n) is 9.98. The lowest BCUT2D eigenvalue weighted by Gasteiger charge is -2.27. The molecule has 0 aromatic heterocycles. The number of carbonyl (C=O) groups excluding carboxylic acids is 2. The van der Waals surface area contributed by atoms with Gasteiger partial charge in [0.25, 0.3) is 0 Å². The van der Waals surface area contributed by atoms with Crippen LogP contribution in [0.2, 0.25) is 0 Å². The van der Waals surface area contributed by atoms with Gasteiger partial charge < -0.3 is 10.4 Å². The van der Waals surface area contributed by atoms with Crippen LogP contribution < -0.4 is 5.32 Å². The molecule has 32 heavy (non-hydrogen) atoms. The van der Waals surface area contributed by atoms with Crippen molar-refractivity contribution in [2.75, 3.05) is 6.54 Å². The van der Waals surface area contributed by atoms with Crippen LogP contribution in [0, 0.1) is 11.8 Å². The molecule has 0 aromatic rings. The summed E-state index contributed by atoms with van der Waals surface area (Å²) in [7, 11) is 0. The monoisotopic (exact) mass is 451 g/mol. The highest BCUT2D eigenvalue weighted by molar-refractivity contribution is 5.78. The van der Waals surface area contributed by atoms with Gasteiger partial charge in [-0.15, -0.1) is 0 Å². The third-order valence-corrected chi connectivity index (χ3v) is 7.05. The Morgan fingerprint density at radius 3 is 1.47 bits per heavy atom. The Morgan fingerprint density at radius 1 is 0.656 bits per heavy atom. The van der Waals surface area contributed by atoms with E-state index < -0.39 is 5.97 Å². The van der Waals surface area contributed by atoms with Gasteiger partial charge in [0.05, 0.1) is 0 Å². The summed E-state index contributed by atoms with van der Waals surface area (Å²) in [6, 6.07) is 0. The maximum Gasteiger partial charge on any atom is 0.303 e. The van der Waals surface area contributed by atoms with E-state index in [9.17, 15) is 14.4 Å². The summed E-state index contributed by atoms with van der Waals surface area (Å²) in [4.78, 5) is 33.9. The van der Waals surface area contributed by atoms with Crippen LogP contribution in [0.4, 0.5) is 0 Å². The SMILES string of the molecule is CC(=O)C1CCC(CNC(=O)CCCCCCCCCCCCCCCCC(=O)O)CC1. The minimum atomic E-state index is -0.674. The van der Waals surface area contributed by atoms with Gasteiger partial charge in [-0.2, -0.15) is 0 Å². The van der Waals surface area contributed by atoms with E-state index in [1.165, 1.54) is 64.2 Å². The number of Topliss-reactive ketones (excluding diaryl/α,β-unsaturated/α-hetero) is 1. The van der Waals surface area contributed by atoms with Crippen LogP contribution in [-0.2, 0) is 14.4 Å². The smallest absolute Gasteiger partial charge is 0.303 e. The molecule has 186 valence electrons. The number of hydrogen-bond acceptors (Lipinski definition) is 3. The molecule has 1 saturated carbocycles. The summed E-state index contributed by atoms with van der Waals surface area (Å²) in [5.74, 6) is 0.659. The Morgan fingerprint density at radius 2 is 1.06 bits per heavy atom. The fourth-order valence-corrected chi connectivity index (χ4v) is 4.80. The van der Waals surface area contributed by atoms with E-state index in [0.29, 0.717) is 24.5 Å². The number of aliphatic carboxylic acids is 1. The minimum Gasteiger partial charge on any atom is -0.481 e. The van der Waals surface area contributed by atoms with Crippen LogP contribution >= 0.6 is 0 Å². The van der Waals surface area contributed by atoms with Crippen molar-refractivity contribution < 1.29 is 19.5 Å². The molecule has 1 rings (SSSR count). The highest BCUT2D eigenvalue weighted by Gasteiger charge is 2.23. The fraction of sp³-hybridized carbons (Fsp3) is 0.889. The van der Waals surface area contributed by atoms with Crippen LogP contribution in [0.3, 0.4) is 0 Å². The van der Waals surface area contributed by atoms with Gasteiger partial charge in [0.15, 0.2) is 0 Å². The van der Waals surface area contributed by atoms with Gasteiger partial charge in [-0.3, -0.25) is 14.4 Å². The van der Waals surface area contributed by atoms with Gasteiger partial charge >= 0.3 is 5.97 Å². The average molecular weight is 452 g/mol. The molecule has 1 amide bonds. The van der Waals surface area contributed by atoms with Gasteiger partial charge in [0, 0.05) is 25.3 Å². The molecule has 1 fully saturated rings. The first-order chi connectivity index (χ1) is 15.5. The van der Waals surface area contributed by atoms with Gasteiger partial charge in [0.2, 0.25) is 5.91 Å². The van der Waals surface area contributed by atoms with Gasteiger partial charge in [-0.25, -0.2) is 0 Å². The molecule has 0 aliphatic heterocycles. The second-order valence-corrected chi connectivity index (χ2v) is 9.98. The molecule has 5 nitrogen and oxygen atoms in total. The summed E-state index contributed by atoms with van der Waals surface area (Å²) >= 11 is 0. The first-order valence-corrected chi connectivity index (χ1v) is 13.5. The number of amides is 1. The third-order valence-electron chi connectivity index (χ3n) is 7.05. The molecule has 0 atom stereocenters. The molecule has 0 unspecified atom stereocenters. The Hall–Kier alpha value is -1.39. The zero-order valence-corrected chi connectivity index (χ0v) is 20.7. The topological polar surface area (TPSA) is 83.5 Å². The normalized spacial score (nSPS) is 18.4. The van der Waals surface area contributed by atoms with Gasteiger partial charge in [0.1, 0.15) is 5.78 Å². The fourth-order valence-electron chi connectivity index (χ4n) is 4.80. The Balaban J connectivity index is 1.78. The maximum atomic E-state index is 12.0. The highest BCUT2D eigenvalue weighted by Crippen LogP contribution is 2.28. The van der Waals surface area contributed by atoms with Gasteiger partial charge in [-0.05, 0) is 51.4 Å². The lowest BCUT2D eigenvalue weighted by atomic mass is 9.80. The van der Waals surface area contributed by atoms with E-state index in [4.69, 9.17) is 5.11 Å². The van der Waals surface area contributed by atoms with Crippen molar-refractivity contribution in [3.05, 3.63) is 0 Å². The standard InChI is InChI=1S/C27H49NO4/c1-23(29)25-20-18-24(19-21-25)22-28-26(30)16-14-12-10-8-6-4-2-3-5-7-9-11-13-15-17-27(31)32/h24-25H,2-22H2,1H3,(H,28,30)(H,31,32). The number of nitrogens with one attached hydrogen (secondary N) is 1. The third kappa shape index (κ3) is 16.3. The van der Waals surface area contributed by atoms with Crippen molar-refractivity contribution in [2.24, 2.45) is 11.8 Å². The first kappa shape index (κ1) is 28.6. The lowest BCUT2D eigenvalue weighted by Crippen LogP contribution is -2.32. The number of unbranched alkanes of at least 4 members (excludes halogenated alkanes) is 13. The lowest BCUT2D eigenvalue weighted by molar-refractivity contribution is -0.137. The van der Waals surface area contributed by atoms with Crippen LogP contribution in [0.25, 0.3) is 0 Å². The molecule has 0 aromatic carbocycles. The molecule has 5 heteroatoms. The molecular formula is C27H49NO4. The van der Waals surface area contributed by atoms with Crippen LogP contribution in [0.15, 0.2) is 0 Å². The first-order valence-electron chi connectivity index (χ1n) is 13.5. The quantitative estimate of drug-likeness (QED) is 0.199. The van der Waals surface area contributed by atoms with E-state index in [-0.39, 0.29) is 11.8 Å². The molecule has 2 N–H and O–H groups in total. The number of rotatable bonds is 20. The summed E-state index contributed by atoms with van der Waals surface area (Å²) in [5.41, 5.74) is 0. The largest absolute Gasteiger partial charge is 0.481 e. The number of carboxylic acids is 1. The van der Waals surface area contributed by atoms with Crippen molar-refractivity contribution in [1.82, 2.24) is 5.32 Å². The zero-order valence-electron chi connectivity index (χ0n) is 20.7. The summed E-state index contributed by atoms with van der Waals surface area (Å²) in [6.45, 7) is 2.49. The average Bonchev–Trinajstić information content (AvgIpc) is 2.77. The van der Waals surface area contributed by atoms with Crippen LogP contribution in [0.5, 0.6) is 0 Å². The van der Waals surface area contributed by atoms with Crippen LogP contribution in [0.1, 0.15) is 135 Å². The summed E-state index contributed by atoms with van der Waals surface area (Å²) in [6.07, 6.45) is 21.9. The zero-order chi connectivity index (χ0) is 23.4. The number of carbonyl (C=O) groups is 3. The Kier molecular flexibility index (Phi) is 17.1. The Bertz CT molecular complexity index is 512. The Labute approximate surface area is 196 Å². The second kappa shape index (κ2) is 19.1. The van der Waals surface area contributed by atoms with Crippen molar-refractivity contribution in [2.45, 2.75) is 135 Å². The molecule has 1 aliphatic rings. The van der Waals surface area contributed by atoms with E-state index in [0.717, 1.165) is 57.9 Å². The molecule has 0 radical (unpaired) electrons. The van der Waals surface area contributed by atoms with E-state index in [1.807, 2.05) is 0 Å². The van der Waals surface area contributed by atoms with Crippen molar-refractivity contribution in [1.29, 1.82) is 0 Å². The molecule has 0 spiro atoms. The van der Waals surface area contributed by atoms with E-state index in [2.05, 4.69) is 5.32 Å².